The normalized spacial score (nSPS) is 20.3. The van der Waals surface area contributed by atoms with Gasteiger partial charge in [0.1, 0.15) is 0 Å². The molecule has 3 atom stereocenters. The second-order valence-electron chi connectivity index (χ2n) is 7.07. The van der Waals surface area contributed by atoms with Gasteiger partial charge in [0.15, 0.2) is 17.6 Å². The lowest BCUT2D eigenvalue weighted by atomic mass is 9.79. The average molecular weight is 448 g/mol. The van der Waals surface area contributed by atoms with Crippen LogP contribution in [0.25, 0.3) is 0 Å². The van der Waals surface area contributed by atoms with E-state index in [4.69, 9.17) is 9.47 Å². The molecule has 1 aliphatic rings. The molecule has 1 unspecified atom stereocenters. The van der Waals surface area contributed by atoms with Crippen LogP contribution in [0.1, 0.15) is 48.8 Å². The van der Waals surface area contributed by atoms with Gasteiger partial charge in [-0.15, -0.1) is 0 Å². The van der Waals surface area contributed by atoms with E-state index in [1.165, 1.54) is 0 Å². The molecule has 0 saturated heterocycles. The summed E-state index contributed by atoms with van der Waals surface area (Å²) in [4.78, 5) is 12.7. The Hall–Kier alpha value is -2.05. The maximum Gasteiger partial charge on any atom is 0.253 e. The third kappa shape index (κ3) is 4.67. The number of rotatable bonds is 6. The molecule has 0 heterocycles. The molecule has 6 heteroatoms. The van der Waals surface area contributed by atoms with Crippen LogP contribution >= 0.6 is 15.9 Å². The standard InChI is InChI=1S/C22H26BrNO4/c1-27-19-12-9-15(13-20(19)28-2)17-5-3-4-6-18(17)24-22(26)21(25)14-7-10-16(23)11-8-14/h7-13,17-18,21,25H,3-6H2,1-2H3,(H,24,26)/t17-,18+,21?/m0/s1. The fraction of sp³-hybridized carbons (Fsp3) is 0.409. The number of methoxy groups -OCH3 is 2. The van der Waals surface area contributed by atoms with Gasteiger partial charge in [-0.05, 0) is 48.2 Å². The molecule has 0 aliphatic heterocycles. The minimum absolute atomic E-state index is 0.0237. The summed E-state index contributed by atoms with van der Waals surface area (Å²) in [7, 11) is 3.24. The van der Waals surface area contributed by atoms with Crippen LogP contribution in [-0.2, 0) is 4.79 Å². The van der Waals surface area contributed by atoms with Gasteiger partial charge in [0.05, 0.1) is 14.2 Å². The molecule has 0 bridgehead atoms. The van der Waals surface area contributed by atoms with Crippen LogP contribution in [0.4, 0.5) is 0 Å². The van der Waals surface area contributed by atoms with Crippen molar-refractivity contribution in [2.45, 2.75) is 43.7 Å². The Morgan fingerprint density at radius 1 is 1.07 bits per heavy atom. The summed E-state index contributed by atoms with van der Waals surface area (Å²) in [5, 5.41) is 13.5. The summed E-state index contributed by atoms with van der Waals surface area (Å²) >= 11 is 3.37. The van der Waals surface area contributed by atoms with Crippen molar-refractivity contribution in [1.29, 1.82) is 0 Å². The van der Waals surface area contributed by atoms with Crippen LogP contribution in [-0.4, -0.2) is 31.3 Å². The topological polar surface area (TPSA) is 67.8 Å². The second-order valence-corrected chi connectivity index (χ2v) is 7.99. The van der Waals surface area contributed by atoms with E-state index in [1.54, 1.807) is 26.4 Å². The van der Waals surface area contributed by atoms with Crippen LogP contribution in [0.2, 0.25) is 0 Å². The fourth-order valence-electron chi connectivity index (χ4n) is 3.84. The molecular formula is C22H26BrNO4. The predicted molar refractivity (Wildman–Crippen MR) is 112 cm³/mol. The third-order valence-corrected chi connectivity index (χ3v) is 5.89. The van der Waals surface area contributed by atoms with E-state index in [2.05, 4.69) is 21.2 Å². The molecule has 2 aromatic rings. The Labute approximate surface area is 174 Å². The lowest BCUT2D eigenvalue weighted by Crippen LogP contribution is -2.43. The highest BCUT2D eigenvalue weighted by atomic mass is 79.9. The van der Waals surface area contributed by atoms with Crippen molar-refractivity contribution in [3.05, 3.63) is 58.1 Å². The molecule has 1 fully saturated rings. The highest BCUT2D eigenvalue weighted by molar-refractivity contribution is 9.10. The van der Waals surface area contributed by atoms with Crippen molar-refractivity contribution in [2.24, 2.45) is 0 Å². The number of ether oxygens (including phenoxy) is 2. The van der Waals surface area contributed by atoms with E-state index in [9.17, 15) is 9.90 Å². The van der Waals surface area contributed by atoms with Crippen molar-refractivity contribution in [3.63, 3.8) is 0 Å². The maximum atomic E-state index is 12.7. The number of amides is 1. The Kier molecular flexibility index (Phi) is 6.97. The number of aliphatic hydroxyl groups excluding tert-OH is 1. The number of halogens is 1. The lowest BCUT2D eigenvalue weighted by molar-refractivity contribution is -0.130. The van der Waals surface area contributed by atoms with E-state index in [1.807, 2.05) is 30.3 Å². The zero-order valence-corrected chi connectivity index (χ0v) is 17.7. The van der Waals surface area contributed by atoms with Gasteiger partial charge in [-0.25, -0.2) is 0 Å². The summed E-state index contributed by atoms with van der Waals surface area (Å²) in [6.45, 7) is 0. The average Bonchev–Trinajstić information content (AvgIpc) is 2.73. The summed E-state index contributed by atoms with van der Waals surface area (Å²) < 4.78 is 11.7. The molecule has 2 aromatic carbocycles. The SMILES string of the molecule is COc1ccc([C@@H]2CCCC[C@H]2NC(=O)C(O)c2ccc(Br)cc2)cc1OC. The summed E-state index contributed by atoms with van der Waals surface area (Å²) in [5.41, 5.74) is 1.69. The van der Waals surface area contributed by atoms with Gasteiger partial charge in [-0.1, -0.05) is 47.0 Å². The Morgan fingerprint density at radius 2 is 1.75 bits per heavy atom. The first kappa shape index (κ1) is 20.7. The molecule has 2 N–H and O–H groups in total. The van der Waals surface area contributed by atoms with Crippen LogP contribution in [0.3, 0.4) is 0 Å². The van der Waals surface area contributed by atoms with Crippen LogP contribution in [0.15, 0.2) is 46.9 Å². The highest BCUT2D eigenvalue weighted by Gasteiger charge is 2.30. The second kappa shape index (κ2) is 9.43. The van der Waals surface area contributed by atoms with E-state index < -0.39 is 6.10 Å². The Balaban J connectivity index is 1.76. The van der Waals surface area contributed by atoms with E-state index >= 15 is 0 Å². The molecule has 0 aromatic heterocycles. The first-order valence-corrected chi connectivity index (χ1v) is 10.3. The number of carbonyl (C=O) groups excluding carboxylic acids is 1. The smallest absolute Gasteiger partial charge is 0.253 e. The van der Waals surface area contributed by atoms with Crippen molar-refractivity contribution in [1.82, 2.24) is 5.32 Å². The number of hydrogen-bond acceptors (Lipinski definition) is 4. The van der Waals surface area contributed by atoms with Crippen molar-refractivity contribution in [2.75, 3.05) is 14.2 Å². The molecule has 1 saturated carbocycles. The Bertz CT molecular complexity index is 809. The van der Waals surface area contributed by atoms with Crippen LogP contribution in [0.5, 0.6) is 11.5 Å². The maximum absolute atomic E-state index is 12.7. The van der Waals surface area contributed by atoms with Gasteiger partial charge in [0.25, 0.3) is 5.91 Å². The van der Waals surface area contributed by atoms with E-state index in [0.717, 1.165) is 35.7 Å². The van der Waals surface area contributed by atoms with Gasteiger partial charge in [-0.3, -0.25) is 4.79 Å². The van der Waals surface area contributed by atoms with Crippen molar-refractivity contribution >= 4 is 21.8 Å². The Morgan fingerprint density at radius 3 is 2.43 bits per heavy atom. The molecule has 1 amide bonds. The minimum atomic E-state index is -1.18. The zero-order valence-electron chi connectivity index (χ0n) is 16.2. The number of aliphatic hydroxyl groups is 1. The van der Waals surface area contributed by atoms with E-state index in [0.29, 0.717) is 17.1 Å². The van der Waals surface area contributed by atoms with Crippen molar-refractivity contribution < 1.29 is 19.4 Å². The number of carbonyl (C=O) groups is 1. The summed E-state index contributed by atoms with van der Waals surface area (Å²) in [6, 6.07) is 13.0. The molecule has 28 heavy (non-hydrogen) atoms. The predicted octanol–water partition coefficient (Wildman–Crippen LogP) is 4.34. The lowest BCUT2D eigenvalue weighted by Gasteiger charge is -2.33. The summed E-state index contributed by atoms with van der Waals surface area (Å²) in [6.07, 6.45) is 2.86. The summed E-state index contributed by atoms with van der Waals surface area (Å²) in [5.74, 6) is 1.19. The van der Waals surface area contributed by atoms with Gasteiger partial charge in [0, 0.05) is 16.4 Å². The van der Waals surface area contributed by atoms with Crippen LogP contribution in [0, 0.1) is 0 Å². The van der Waals surface area contributed by atoms with Gasteiger partial charge in [0.2, 0.25) is 0 Å². The van der Waals surface area contributed by atoms with Gasteiger partial charge >= 0.3 is 0 Å². The van der Waals surface area contributed by atoms with E-state index in [-0.39, 0.29) is 17.9 Å². The minimum Gasteiger partial charge on any atom is -0.493 e. The first-order valence-electron chi connectivity index (χ1n) is 9.49. The number of benzene rings is 2. The fourth-order valence-corrected chi connectivity index (χ4v) is 4.11. The van der Waals surface area contributed by atoms with Crippen LogP contribution < -0.4 is 14.8 Å². The molecular weight excluding hydrogens is 422 g/mol. The molecule has 3 rings (SSSR count). The van der Waals surface area contributed by atoms with Crippen molar-refractivity contribution in [3.8, 4) is 11.5 Å². The van der Waals surface area contributed by atoms with Gasteiger partial charge in [-0.2, -0.15) is 0 Å². The monoisotopic (exact) mass is 447 g/mol. The molecule has 5 nitrogen and oxygen atoms in total. The van der Waals surface area contributed by atoms with Gasteiger partial charge < -0.3 is 19.9 Å². The largest absolute Gasteiger partial charge is 0.493 e. The number of hydrogen-bond donors (Lipinski definition) is 2. The molecule has 0 radical (unpaired) electrons. The molecule has 150 valence electrons. The highest BCUT2D eigenvalue weighted by Crippen LogP contribution is 2.37. The molecule has 1 aliphatic carbocycles. The zero-order chi connectivity index (χ0) is 20.1. The quantitative estimate of drug-likeness (QED) is 0.690. The third-order valence-electron chi connectivity index (χ3n) is 5.36. The molecule has 0 spiro atoms. The first-order chi connectivity index (χ1) is 13.5. The number of nitrogens with one attached hydrogen (secondary N) is 1.